The van der Waals surface area contributed by atoms with E-state index in [1.807, 2.05) is 29.2 Å². The summed E-state index contributed by atoms with van der Waals surface area (Å²) in [6.45, 7) is 3.05. The molecule has 1 aromatic rings. The lowest BCUT2D eigenvalue weighted by Gasteiger charge is -2.36. The topological polar surface area (TPSA) is 46.3 Å². The highest BCUT2D eigenvalue weighted by Gasteiger charge is 2.26. The maximum atomic E-state index is 12.6. The van der Waals surface area contributed by atoms with Gasteiger partial charge in [-0.05, 0) is 37.8 Å². The summed E-state index contributed by atoms with van der Waals surface area (Å²) in [6.07, 6.45) is 5.68. The van der Waals surface area contributed by atoms with Crippen LogP contribution in [0.1, 0.15) is 54.9 Å². The van der Waals surface area contributed by atoms with Gasteiger partial charge in [0, 0.05) is 23.7 Å². The lowest BCUT2D eigenvalue weighted by atomic mass is 9.97. The molecule has 3 nitrogen and oxygen atoms in total. The number of hydrogen-bond acceptors (Lipinski definition) is 2. The molecular weight excluding hydrogens is 268 g/mol. The van der Waals surface area contributed by atoms with Crippen molar-refractivity contribution in [1.82, 2.24) is 4.90 Å². The highest BCUT2D eigenvalue weighted by atomic mass is 32.1. The number of piperidine rings is 1. The van der Waals surface area contributed by atoms with E-state index in [1.54, 1.807) is 0 Å². The molecule has 1 atom stereocenters. The molecule has 108 valence electrons. The largest absolute Gasteiger partial charge is 0.389 e. The molecule has 0 aliphatic carbocycles. The number of rotatable bonds is 4. The Balaban J connectivity index is 2.14. The zero-order chi connectivity index (χ0) is 14.5. The van der Waals surface area contributed by atoms with Crippen LogP contribution < -0.4 is 5.73 Å². The number of likely N-dealkylation sites (tertiary alicyclic amines) is 1. The van der Waals surface area contributed by atoms with Gasteiger partial charge in [0.2, 0.25) is 0 Å². The molecule has 1 saturated heterocycles. The normalized spacial score (nSPS) is 18.9. The highest BCUT2D eigenvalue weighted by molar-refractivity contribution is 7.80. The summed E-state index contributed by atoms with van der Waals surface area (Å²) >= 11 is 4.93. The van der Waals surface area contributed by atoms with Gasteiger partial charge in [0.05, 0.1) is 0 Å². The average Bonchev–Trinajstić information content (AvgIpc) is 2.47. The summed E-state index contributed by atoms with van der Waals surface area (Å²) in [7, 11) is 0. The summed E-state index contributed by atoms with van der Waals surface area (Å²) in [6, 6.07) is 7.71. The van der Waals surface area contributed by atoms with E-state index in [1.165, 1.54) is 6.42 Å². The monoisotopic (exact) mass is 290 g/mol. The molecule has 1 aromatic carbocycles. The average molecular weight is 290 g/mol. The molecular formula is C16H22N2OS. The van der Waals surface area contributed by atoms with Gasteiger partial charge in [-0.25, -0.2) is 0 Å². The van der Waals surface area contributed by atoms with Crippen molar-refractivity contribution in [2.45, 2.75) is 45.1 Å². The number of benzene rings is 1. The Bertz CT molecular complexity index is 482. The first kappa shape index (κ1) is 15.0. The Morgan fingerprint density at radius 1 is 1.30 bits per heavy atom. The van der Waals surface area contributed by atoms with Crippen molar-refractivity contribution in [2.75, 3.05) is 6.54 Å². The molecule has 20 heavy (non-hydrogen) atoms. The summed E-state index contributed by atoms with van der Waals surface area (Å²) in [5.74, 6) is 0.137. The van der Waals surface area contributed by atoms with Crippen molar-refractivity contribution < 1.29 is 4.79 Å². The van der Waals surface area contributed by atoms with Crippen molar-refractivity contribution in [2.24, 2.45) is 5.73 Å². The van der Waals surface area contributed by atoms with Crippen LogP contribution in [0, 0.1) is 0 Å². The van der Waals surface area contributed by atoms with E-state index >= 15 is 0 Å². The maximum Gasteiger partial charge on any atom is 0.254 e. The molecule has 2 rings (SSSR count). The summed E-state index contributed by atoms with van der Waals surface area (Å²) < 4.78 is 0. The summed E-state index contributed by atoms with van der Waals surface area (Å²) in [4.78, 5) is 15.0. The van der Waals surface area contributed by atoms with E-state index in [2.05, 4.69) is 6.92 Å². The Morgan fingerprint density at radius 3 is 2.55 bits per heavy atom. The van der Waals surface area contributed by atoms with Gasteiger partial charge in [-0.1, -0.05) is 37.7 Å². The molecule has 4 heteroatoms. The third-order valence-electron chi connectivity index (χ3n) is 3.93. The van der Waals surface area contributed by atoms with Crippen LogP contribution in [-0.2, 0) is 0 Å². The van der Waals surface area contributed by atoms with Crippen molar-refractivity contribution in [3.63, 3.8) is 0 Å². The molecule has 1 fully saturated rings. The standard InChI is InChI=1S/C16H22N2OS/c1-2-5-14-6-3-4-11-18(14)16(19)13-9-7-12(8-10-13)15(17)20/h7-10,14H,2-6,11H2,1H3,(H2,17,20). The fraction of sp³-hybridized carbons (Fsp3) is 0.500. The van der Waals surface area contributed by atoms with Crippen LogP contribution in [0.5, 0.6) is 0 Å². The molecule has 1 aliphatic heterocycles. The van der Waals surface area contributed by atoms with Gasteiger partial charge in [0.1, 0.15) is 4.99 Å². The summed E-state index contributed by atoms with van der Waals surface area (Å²) in [5.41, 5.74) is 7.12. The van der Waals surface area contributed by atoms with Crippen LogP contribution in [0.25, 0.3) is 0 Å². The van der Waals surface area contributed by atoms with E-state index < -0.39 is 0 Å². The Morgan fingerprint density at radius 2 is 1.95 bits per heavy atom. The van der Waals surface area contributed by atoms with Crippen LogP contribution in [0.2, 0.25) is 0 Å². The third kappa shape index (κ3) is 3.37. The van der Waals surface area contributed by atoms with Gasteiger partial charge >= 0.3 is 0 Å². The number of nitrogens with two attached hydrogens (primary N) is 1. The molecule has 1 amide bonds. The van der Waals surface area contributed by atoms with Crippen LogP contribution in [-0.4, -0.2) is 28.4 Å². The molecule has 1 unspecified atom stereocenters. The minimum absolute atomic E-state index is 0.137. The summed E-state index contributed by atoms with van der Waals surface area (Å²) in [5, 5.41) is 0. The molecule has 2 N–H and O–H groups in total. The molecule has 1 aliphatic rings. The lowest BCUT2D eigenvalue weighted by molar-refractivity contribution is 0.0600. The van der Waals surface area contributed by atoms with E-state index in [4.69, 9.17) is 18.0 Å². The molecule has 0 aromatic heterocycles. The van der Waals surface area contributed by atoms with E-state index in [0.717, 1.165) is 43.4 Å². The first-order valence-electron chi connectivity index (χ1n) is 7.34. The number of thiocarbonyl (C=S) groups is 1. The van der Waals surface area contributed by atoms with E-state index in [0.29, 0.717) is 11.0 Å². The van der Waals surface area contributed by atoms with Crippen molar-refractivity contribution >= 4 is 23.1 Å². The second-order valence-corrected chi connectivity index (χ2v) is 5.82. The Kier molecular flexibility index (Phi) is 5.12. The lowest BCUT2D eigenvalue weighted by Crippen LogP contribution is -2.43. The van der Waals surface area contributed by atoms with Gasteiger partial charge in [-0.2, -0.15) is 0 Å². The number of carbonyl (C=O) groups excluding carboxylic acids is 1. The molecule has 0 bridgehead atoms. The molecule has 0 radical (unpaired) electrons. The molecule has 0 saturated carbocycles. The smallest absolute Gasteiger partial charge is 0.254 e. The number of amides is 1. The van der Waals surface area contributed by atoms with Crippen LogP contribution >= 0.6 is 12.2 Å². The van der Waals surface area contributed by atoms with Gasteiger partial charge in [-0.15, -0.1) is 0 Å². The quantitative estimate of drug-likeness (QED) is 0.867. The SMILES string of the molecule is CCCC1CCCCN1C(=O)c1ccc(C(N)=S)cc1. The highest BCUT2D eigenvalue weighted by Crippen LogP contribution is 2.23. The van der Waals surface area contributed by atoms with Crippen molar-refractivity contribution in [3.8, 4) is 0 Å². The van der Waals surface area contributed by atoms with Gasteiger partial charge in [0.15, 0.2) is 0 Å². The first-order valence-corrected chi connectivity index (χ1v) is 7.75. The Labute approximate surface area is 126 Å². The zero-order valence-corrected chi connectivity index (χ0v) is 12.8. The maximum absolute atomic E-state index is 12.6. The van der Waals surface area contributed by atoms with Crippen molar-refractivity contribution in [3.05, 3.63) is 35.4 Å². The fourth-order valence-corrected chi connectivity index (χ4v) is 2.98. The number of hydrogen-bond donors (Lipinski definition) is 1. The first-order chi connectivity index (χ1) is 9.63. The third-order valence-corrected chi connectivity index (χ3v) is 4.16. The second kappa shape index (κ2) is 6.84. The zero-order valence-electron chi connectivity index (χ0n) is 12.0. The fourth-order valence-electron chi connectivity index (χ4n) is 2.84. The predicted molar refractivity (Wildman–Crippen MR) is 85.9 cm³/mol. The molecule has 0 spiro atoms. The molecule has 1 heterocycles. The van der Waals surface area contributed by atoms with E-state index in [-0.39, 0.29) is 5.91 Å². The number of nitrogens with zero attached hydrogens (tertiary/aromatic N) is 1. The van der Waals surface area contributed by atoms with Crippen LogP contribution in [0.3, 0.4) is 0 Å². The van der Waals surface area contributed by atoms with Crippen LogP contribution in [0.4, 0.5) is 0 Å². The van der Waals surface area contributed by atoms with Gasteiger partial charge in [0.25, 0.3) is 5.91 Å². The predicted octanol–water partition coefficient (Wildman–Crippen LogP) is 3.12. The van der Waals surface area contributed by atoms with E-state index in [9.17, 15) is 4.79 Å². The number of carbonyl (C=O) groups is 1. The minimum atomic E-state index is 0.137. The van der Waals surface area contributed by atoms with Gasteiger partial charge < -0.3 is 10.6 Å². The van der Waals surface area contributed by atoms with Crippen LogP contribution in [0.15, 0.2) is 24.3 Å². The minimum Gasteiger partial charge on any atom is -0.389 e. The van der Waals surface area contributed by atoms with Gasteiger partial charge in [-0.3, -0.25) is 4.79 Å². The van der Waals surface area contributed by atoms with Crippen molar-refractivity contribution in [1.29, 1.82) is 0 Å². The second-order valence-electron chi connectivity index (χ2n) is 5.38. The Hall–Kier alpha value is -1.42.